The summed E-state index contributed by atoms with van der Waals surface area (Å²) in [5.74, 6) is 0.858. The predicted molar refractivity (Wildman–Crippen MR) is 82.3 cm³/mol. The lowest BCUT2D eigenvalue weighted by atomic mass is 10.2. The predicted octanol–water partition coefficient (Wildman–Crippen LogP) is 2.16. The molecule has 0 atom stereocenters. The van der Waals surface area contributed by atoms with Crippen molar-refractivity contribution in [1.82, 2.24) is 19.5 Å². The lowest BCUT2D eigenvalue weighted by molar-refractivity contribution is 0.425. The second-order valence-corrected chi connectivity index (χ2v) is 5.27. The zero-order valence-electron chi connectivity index (χ0n) is 12.1. The molecule has 3 aromatic rings. The molecule has 5 nitrogen and oxygen atoms in total. The zero-order chi connectivity index (χ0) is 14.1. The molecule has 0 aliphatic heterocycles. The van der Waals surface area contributed by atoms with Gasteiger partial charge in [0.2, 0.25) is 0 Å². The highest BCUT2D eigenvalue weighted by atomic mass is 15.2. The topological polar surface area (TPSA) is 45.5 Å². The van der Waals surface area contributed by atoms with Crippen LogP contribution in [0.1, 0.15) is 5.69 Å². The highest BCUT2D eigenvalue weighted by Crippen LogP contribution is 2.26. The average molecular weight is 269 g/mol. The zero-order valence-corrected chi connectivity index (χ0v) is 12.1. The molecule has 5 heteroatoms. The van der Waals surface area contributed by atoms with Gasteiger partial charge in [0, 0.05) is 30.2 Å². The van der Waals surface area contributed by atoms with Crippen LogP contribution in [0.5, 0.6) is 0 Å². The van der Waals surface area contributed by atoms with Crippen molar-refractivity contribution < 1.29 is 0 Å². The van der Waals surface area contributed by atoms with Crippen molar-refractivity contribution in [3.63, 3.8) is 0 Å². The van der Waals surface area contributed by atoms with E-state index in [9.17, 15) is 0 Å². The molecule has 104 valence electrons. The number of pyridine rings is 1. The number of aryl methyl sites for hydroxylation is 1. The number of hydrogen-bond donors (Lipinski definition) is 1. The molecule has 0 aliphatic rings. The van der Waals surface area contributed by atoms with Crippen LogP contribution in [0.3, 0.4) is 0 Å². The van der Waals surface area contributed by atoms with Gasteiger partial charge in [-0.3, -0.25) is 0 Å². The maximum Gasteiger partial charge on any atom is 0.158 e. The summed E-state index contributed by atoms with van der Waals surface area (Å²) in [7, 11) is 4.12. The Kier molecular flexibility index (Phi) is 3.28. The summed E-state index contributed by atoms with van der Waals surface area (Å²) in [6, 6.07) is 8.34. The van der Waals surface area contributed by atoms with E-state index in [1.165, 1.54) is 0 Å². The number of hydrogen-bond acceptors (Lipinski definition) is 4. The van der Waals surface area contributed by atoms with Gasteiger partial charge in [0.1, 0.15) is 0 Å². The molecule has 3 rings (SSSR count). The number of nitrogens with one attached hydrogen (secondary N) is 1. The summed E-state index contributed by atoms with van der Waals surface area (Å²) in [5.41, 5.74) is 3.24. The van der Waals surface area contributed by atoms with Crippen LogP contribution in [0, 0.1) is 6.92 Å². The number of rotatable bonds is 4. The quantitative estimate of drug-likeness (QED) is 0.788. The van der Waals surface area contributed by atoms with E-state index in [1.54, 1.807) is 0 Å². The summed E-state index contributed by atoms with van der Waals surface area (Å²) < 4.78 is 2.16. The first-order valence-corrected chi connectivity index (χ1v) is 6.78. The largest absolute Gasteiger partial charge is 0.367 e. The SMILES string of the molecule is Cc1nnc(NCCN(C)C)c2cc3ccccn3c12. The Morgan fingerprint density at radius 3 is 2.90 bits per heavy atom. The van der Waals surface area contributed by atoms with Gasteiger partial charge in [-0.05, 0) is 39.2 Å². The third kappa shape index (κ3) is 2.20. The molecule has 0 saturated carbocycles. The van der Waals surface area contributed by atoms with Crippen LogP contribution in [0.15, 0.2) is 30.5 Å². The molecule has 1 N–H and O–H groups in total. The number of nitrogens with zero attached hydrogens (tertiary/aromatic N) is 4. The minimum atomic E-state index is 0.853. The van der Waals surface area contributed by atoms with Crippen LogP contribution < -0.4 is 5.32 Å². The van der Waals surface area contributed by atoms with Gasteiger partial charge in [-0.15, -0.1) is 5.10 Å². The van der Waals surface area contributed by atoms with Crippen LogP contribution in [0.25, 0.3) is 16.4 Å². The highest BCUT2D eigenvalue weighted by Gasteiger charge is 2.11. The monoisotopic (exact) mass is 269 g/mol. The molecule has 0 amide bonds. The Balaban J connectivity index is 2.07. The summed E-state index contributed by atoms with van der Waals surface area (Å²) >= 11 is 0. The molecule has 0 radical (unpaired) electrons. The number of likely N-dealkylation sites (N-methyl/N-ethyl adjacent to an activating group) is 1. The Morgan fingerprint density at radius 1 is 1.25 bits per heavy atom. The minimum Gasteiger partial charge on any atom is -0.367 e. The van der Waals surface area contributed by atoms with E-state index >= 15 is 0 Å². The van der Waals surface area contributed by atoms with Crippen molar-refractivity contribution in [2.24, 2.45) is 0 Å². The van der Waals surface area contributed by atoms with Gasteiger partial charge >= 0.3 is 0 Å². The standard InChI is InChI=1S/C15H19N5/c1-11-14-13(10-12-6-4-5-8-20(12)14)15(18-17-11)16-7-9-19(2)3/h4-6,8,10H,7,9H2,1-3H3,(H,16,18). The van der Waals surface area contributed by atoms with Crippen LogP contribution >= 0.6 is 0 Å². The molecular formula is C15H19N5. The lowest BCUT2D eigenvalue weighted by Gasteiger charge is -2.11. The first-order valence-electron chi connectivity index (χ1n) is 6.78. The molecular weight excluding hydrogens is 250 g/mol. The van der Waals surface area contributed by atoms with Crippen LogP contribution in [0.2, 0.25) is 0 Å². The molecule has 3 aromatic heterocycles. The van der Waals surface area contributed by atoms with Crippen molar-refractivity contribution in [2.75, 3.05) is 32.5 Å². The van der Waals surface area contributed by atoms with Crippen molar-refractivity contribution >= 4 is 22.2 Å². The van der Waals surface area contributed by atoms with E-state index in [-0.39, 0.29) is 0 Å². The third-order valence-electron chi connectivity index (χ3n) is 3.43. The van der Waals surface area contributed by atoms with Crippen molar-refractivity contribution in [3.8, 4) is 0 Å². The van der Waals surface area contributed by atoms with E-state index < -0.39 is 0 Å². The Hall–Kier alpha value is -2.14. The van der Waals surface area contributed by atoms with Gasteiger partial charge in [-0.25, -0.2) is 0 Å². The fourth-order valence-corrected chi connectivity index (χ4v) is 2.43. The van der Waals surface area contributed by atoms with Gasteiger partial charge in [0.15, 0.2) is 5.82 Å². The Labute approximate surface area is 118 Å². The number of fused-ring (bicyclic) bond motifs is 3. The van der Waals surface area contributed by atoms with Crippen LogP contribution in [-0.4, -0.2) is 46.7 Å². The van der Waals surface area contributed by atoms with Gasteiger partial charge in [0.25, 0.3) is 0 Å². The minimum absolute atomic E-state index is 0.853. The fourth-order valence-electron chi connectivity index (χ4n) is 2.43. The van der Waals surface area contributed by atoms with Gasteiger partial charge < -0.3 is 14.6 Å². The van der Waals surface area contributed by atoms with Gasteiger partial charge in [0.05, 0.1) is 11.2 Å². The molecule has 0 fully saturated rings. The number of anilines is 1. The summed E-state index contributed by atoms with van der Waals surface area (Å²) in [4.78, 5) is 2.14. The summed E-state index contributed by atoms with van der Waals surface area (Å²) in [5, 5.41) is 13.1. The Morgan fingerprint density at radius 2 is 2.10 bits per heavy atom. The molecule has 0 bridgehead atoms. The normalized spacial score (nSPS) is 11.6. The first kappa shape index (κ1) is 12.9. The molecule has 0 spiro atoms. The lowest BCUT2D eigenvalue weighted by Crippen LogP contribution is -2.21. The van der Waals surface area contributed by atoms with Crippen LogP contribution in [-0.2, 0) is 0 Å². The second kappa shape index (κ2) is 5.09. The van der Waals surface area contributed by atoms with Gasteiger partial charge in [-0.1, -0.05) is 6.07 Å². The molecule has 0 aliphatic carbocycles. The van der Waals surface area contributed by atoms with E-state index in [0.29, 0.717) is 0 Å². The van der Waals surface area contributed by atoms with Crippen molar-refractivity contribution in [2.45, 2.75) is 6.92 Å². The second-order valence-electron chi connectivity index (χ2n) is 5.27. The maximum absolute atomic E-state index is 4.31. The van der Waals surface area contributed by atoms with Gasteiger partial charge in [-0.2, -0.15) is 5.10 Å². The molecule has 0 aromatic carbocycles. The molecule has 3 heterocycles. The van der Waals surface area contributed by atoms with E-state index in [2.05, 4.69) is 57.2 Å². The fraction of sp³-hybridized carbons (Fsp3) is 0.333. The summed E-state index contributed by atoms with van der Waals surface area (Å²) in [6.45, 7) is 3.81. The third-order valence-corrected chi connectivity index (χ3v) is 3.43. The number of aromatic nitrogens is 3. The van der Waals surface area contributed by atoms with Crippen molar-refractivity contribution in [1.29, 1.82) is 0 Å². The molecule has 0 unspecified atom stereocenters. The molecule has 20 heavy (non-hydrogen) atoms. The van der Waals surface area contributed by atoms with Crippen molar-refractivity contribution in [3.05, 3.63) is 36.2 Å². The van der Waals surface area contributed by atoms with E-state index in [1.807, 2.05) is 19.1 Å². The Bertz CT molecular complexity index is 744. The smallest absolute Gasteiger partial charge is 0.158 e. The summed E-state index contributed by atoms with van der Waals surface area (Å²) in [6.07, 6.45) is 2.07. The average Bonchev–Trinajstić information content (AvgIpc) is 2.81. The maximum atomic E-state index is 4.31. The van der Waals surface area contributed by atoms with Crippen LogP contribution in [0.4, 0.5) is 5.82 Å². The van der Waals surface area contributed by atoms with E-state index in [4.69, 9.17) is 0 Å². The first-order chi connectivity index (χ1) is 9.66. The molecule has 0 saturated heterocycles. The van der Waals surface area contributed by atoms with E-state index in [0.717, 1.165) is 41.0 Å². The highest BCUT2D eigenvalue weighted by molar-refractivity contribution is 5.96.